The number of cyclic esters (lactones) is 1. The zero-order valence-corrected chi connectivity index (χ0v) is 19.3. The van der Waals surface area contributed by atoms with Crippen molar-refractivity contribution < 1.29 is 34.1 Å². The van der Waals surface area contributed by atoms with Gasteiger partial charge in [-0.3, -0.25) is 4.79 Å². The highest BCUT2D eigenvalue weighted by atomic mass is 16.6. The highest BCUT2D eigenvalue weighted by Crippen LogP contribution is 2.62. The molecule has 0 spiro atoms. The van der Waals surface area contributed by atoms with Gasteiger partial charge in [-0.1, -0.05) is 26.0 Å². The molecular weight excluding hydrogens is 412 g/mol. The van der Waals surface area contributed by atoms with Crippen LogP contribution < -0.4 is 0 Å². The molecule has 1 fully saturated rings. The Morgan fingerprint density at radius 1 is 1.34 bits per heavy atom. The minimum absolute atomic E-state index is 0.0268. The summed E-state index contributed by atoms with van der Waals surface area (Å²) < 4.78 is 10.3. The summed E-state index contributed by atoms with van der Waals surface area (Å²) in [5.41, 5.74) is 0.177. The van der Waals surface area contributed by atoms with Gasteiger partial charge in [0.1, 0.15) is 6.61 Å². The number of allylic oxidation sites excluding steroid dienone is 2. The number of ether oxygens (including phenoxy) is 2. The van der Waals surface area contributed by atoms with E-state index in [0.717, 1.165) is 19.3 Å². The first-order chi connectivity index (χ1) is 15.1. The van der Waals surface area contributed by atoms with Crippen LogP contribution >= 0.6 is 0 Å². The summed E-state index contributed by atoms with van der Waals surface area (Å²) in [6.07, 6.45) is 7.56. The van der Waals surface area contributed by atoms with E-state index in [0.29, 0.717) is 36.0 Å². The number of hydrogen-bond acceptors (Lipinski definition) is 6. The predicted molar refractivity (Wildman–Crippen MR) is 117 cm³/mol. The number of aliphatic carboxylic acids is 1. The van der Waals surface area contributed by atoms with Crippen molar-refractivity contribution in [3.63, 3.8) is 0 Å². The molecule has 5 atom stereocenters. The zero-order chi connectivity index (χ0) is 23.7. The van der Waals surface area contributed by atoms with Gasteiger partial charge in [0.15, 0.2) is 0 Å². The molecule has 3 aliphatic rings. The minimum Gasteiger partial charge on any atom is -0.481 e. The van der Waals surface area contributed by atoms with Crippen LogP contribution in [0.4, 0.5) is 0 Å². The molecular formula is C25H34O7. The van der Waals surface area contributed by atoms with Crippen LogP contribution in [0, 0.1) is 22.7 Å². The molecule has 0 aromatic rings. The largest absolute Gasteiger partial charge is 0.481 e. The lowest BCUT2D eigenvalue weighted by Gasteiger charge is -2.57. The van der Waals surface area contributed by atoms with Gasteiger partial charge in [0, 0.05) is 11.1 Å². The number of fused-ring (bicyclic) bond motifs is 1. The number of aliphatic hydroxyl groups is 1. The highest BCUT2D eigenvalue weighted by Gasteiger charge is 2.60. The number of hydrogen-bond donors (Lipinski definition) is 2. The summed E-state index contributed by atoms with van der Waals surface area (Å²) in [7, 11) is 0. The SMILES string of the molecule is C/C=C(/C)C(=O)OCC1=CCC[C@@H]2[C@@]1(C(=O)O)CC[C@@H](C)[C@@]2(C)CCC1=CC(O)OC1=O. The Labute approximate surface area is 189 Å². The fourth-order valence-electron chi connectivity index (χ4n) is 5.85. The van der Waals surface area contributed by atoms with Crippen molar-refractivity contribution in [2.45, 2.75) is 72.5 Å². The van der Waals surface area contributed by atoms with Gasteiger partial charge < -0.3 is 19.7 Å². The lowest BCUT2D eigenvalue weighted by atomic mass is 9.46. The van der Waals surface area contributed by atoms with E-state index in [4.69, 9.17) is 9.47 Å². The number of esters is 2. The number of rotatable bonds is 7. The number of carboxylic acids is 1. The van der Waals surface area contributed by atoms with E-state index in [1.54, 1.807) is 19.9 Å². The third-order valence-electron chi connectivity index (χ3n) is 8.17. The molecule has 0 saturated heterocycles. The lowest BCUT2D eigenvalue weighted by Crippen LogP contribution is -2.55. The smallest absolute Gasteiger partial charge is 0.336 e. The Bertz CT molecular complexity index is 883. The maximum Gasteiger partial charge on any atom is 0.336 e. The van der Waals surface area contributed by atoms with Crippen LogP contribution in [-0.2, 0) is 23.9 Å². The molecule has 32 heavy (non-hydrogen) atoms. The summed E-state index contributed by atoms with van der Waals surface area (Å²) in [5, 5.41) is 20.0. The molecule has 2 N–H and O–H groups in total. The quantitative estimate of drug-likeness (QED) is 0.346. The van der Waals surface area contributed by atoms with Crippen LogP contribution in [0.25, 0.3) is 0 Å². The first kappa shape index (κ1) is 24.2. The predicted octanol–water partition coefficient (Wildman–Crippen LogP) is 3.92. The Morgan fingerprint density at radius 2 is 2.06 bits per heavy atom. The molecule has 0 radical (unpaired) electrons. The van der Waals surface area contributed by atoms with Gasteiger partial charge in [0.25, 0.3) is 0 Å². The second-order valence-electron chi connectivity index (χ2n) is 9.62. The molecule has 3 rings (SSSR count). The van der Waals surface area contributed by atoms with E-state index in [1.165, 1.54) is 6.08 Å². The Kier molecular flexibility index (Phi) is 6.98. The van der Waals surface area contributed by atoms with E-state index in [2.05, 4.69) is 13.8 Å². The van der Waals surface area contributed by atoms with Crippen molar-refractivity contribution >= 4 is 17.9 Å². The lowest BCUT2D eigenvalue weighted by molar-refractivity contribution is -0.164. The summed E-state index contributed by atoms with van der Waals surface area (Å²) >= 11 is 0. The van der Waals surface area contributed by atoms with Crippen molar-refractivity contribution in [3.05, 3.63) is 34.9 Å². The first-order valence-corrected chi connectivity index (χ1v) is 11.4. The van der Waals surface area contributed by atoms with Gasteiger partial charge in [-0.25, -0.2) is 9.59 Å². The van der Waals surface area contributed by atoms with E-state index in [9.17, 15) is 24.6 Å². The Morgan fingerprint density at radius 3 is 2.66 bits per heavy atom. The van der Waals surface area contributed by atoms with Crippen LogP contribution in [-0.4, -0.2) is 41.0 Å². The molecule has 1 heterocycles. The van der Waals surface area contributed by atoms with Crippen LogP contribution in [0.5, 0.6) is 0 Å². The number of carbonyl (C=O) groups excluding carboxylic acids is 2. The van der Waals surface area contributed by atoms with Gasteiger partial charge in [-0.05, 0) is 81.3 Å². The monoisotopic (exact) mass is 446 g/mol. The third kappa shape index (κ3) is 4.15. The number of carbonyl (C=O) groups is 3. The molecule has 0 aromatic carbocycles. The van der Waals surface area contributed by atoms with E-state index in [1.807, 2.05) is 6.08 Å². The van der Waals surface area contributed by atoms with E-state index in [-0.39, 0.29) is 23.9 Å². The van der Waals surface area contributed by atoms with Crippen molar-refractivity contribution in [3.8, 4) is 0 Å². The topological polar surface area (TPSA) is 110 Å². The Hall–Kier alpha value is -2.41. The van der Waals surface area contributed by atoms with Gasteiger partial charge in [0.2, 0.25) is 6.29 Å². The van der Waals surface area contributed by atoms with Crippen LogP contribution in [0.15, 0.2) is 34.9 Å². The summed E-state index contributed by atoms with van der Waals surface area (Å²) in [6.45, 7) is 7.67. The van der Waals surface area contributed by atoms with Gasteiger partial charge >= 0.3 is 17.9 Å². The van der Waals surface area contributed by atoms with Crippen molar-refractivity contribution in [2.75, 3.05) is 6.61 Å². The normalized spacial score (nSPS) is 34.8. The molecule has 1 unspecified atom stereocenters. The maximum atomic E-state index is 12.8. The summed E-state index contributed by atoms with van der Waals surface area (Å²) in [4.78, 5) is 37.0. The first-order valence-electron chi connectivity index (χ1n) is 11.4. The third-order valence-corrected chi connectivity index (χ3v) is 8.17. The van der Waals surface area contributed by atoms with Crippen LogP contribution in [0.1, 0.15) is 66.2 Å². The summed E-state index contributed by atoms with van der Waals surface area (Å²) in [6, 6.07) is 0. The van der Waals surface area contributed by atoms with Crippen LogP contribution in [0.2, 0.25) is 0 Å². The average molecular weight is 447 g/mol. The molecule has 176 valence electrons. The molecule has 0 aromatic heterocycles. The standard InChI is InChI=1S/C25H34O7/c1-5-15(2)21(27)31-14-18-7-6-8-19-24(4,11-10-17-13-20(26)32-22(17)28)16(3)9-12-25(18,19)23(29)30/h5,7,13,16,19-20,26H,6,8-12,14H2,1-4H3,(H,29,30)/b15-5-/t16-,19+,20?,24-,25-/m1/s1. The maximum absolute atomic E-state index is 12.8. The second-order valence-corrected chi connectivity index (χ2v) is 9.62. The van der Waals surface area contributed by atoms with E-state index >= 15 is 0 Å². The minimum atomic E-state index is -1.20. The Balaban J connectivity index is 1.88. The van der Waals surface area contributed by atoms with Crippen LogP contribution in [0.3, 0.4) is 0 Å². The fraction of sp³-hybridized carbons (Fsp3) is 0.640. The molecule has 1 aliphatic heterocycles. The highest BCUT2D eigenvalue weighted by molar-refractivity contribution is 5.90. The van der Waals surface area contributed by atoms with Crippen molar-refractivity contribution in [1.29, 1.82) is 0 Å². The molecule has 2 aliphatic carbocycles. The molecule has 0 bridgehead atoms. The zero-order valence-electron chi connectivity index (χ0n) is 19.3. The van der Waals surface area contributed by atoms with Gasteiger partial charge in [-0.15, -0.1) is 0 Å². The van der Waals surface area contributed by atoms with Crippen molar-refractivity contribution in [1.82, 2.24) is 0 Å². The van der Waals surface area contributed by atoms with Gasteiger partial charge in [0.05, 0.1) is 5.41 Å². The number of aliphatic hydroxyl groups excluding tert-OH is 1. The van der Waals surface area contributed by atoms with E-state index < -0.39 is 29.6 Å². The molecule has 7 nitrogen and oxygen atoms in total. The number of carboxylic acid groups (broad SMARTS) is 1. The molecule has 0 amide bonds. The van der Waals surface area contributed by atoms with Gasteiger partial charge in [-0.2, -0.15) is 0 Å². The average Bonchev–Trinajstić information content (AvgIpc) is 3.09. The fourth-order valence-corrected chi connectivity index (χ4v) is 5.85. The second kappa shape index (κ2) is 9.22. The van der Waals surface area contributed by atoms with Crippen molar-refractivity contribution in [2.24, 2.45) is 22.7 Å². The summed E-state index contributed by atoms with van der Waals surface area (Å²) in [5.74, 6) is -1.71. The molecule has 7 heteroatoms. The molecule has 1 saturated carbocycles.